The Morgan fingerprint density at radius 1 is 1.38 bits per heavy atom. The summed E-state index contributed by atoms with van der Waals surface area (Å²) >= 11 is 0. The van der Waals surface area contributed by atoms with Crippen molar-refractivity contribution in [1.29, 1.82) is 0 Å². The first kappa shape index (κ1) is 12.4. The Bertz CT molecular complexity index is 241. The summed E-state index contributed by atoms with van der Waals surface area (Å²) in [5, 5.41) is 0. The molecule has 0 aliphatic heterocycles. The second kappa shape index (κ2) is 4.58. The molecule has 3 heteroatoms. The Kier molecular flexibility index (Phi) is 4.37. The molecule has 0 aromatic carbocycles. The van der Waals surface area contributed by atoms with Gasteiger partial charge in [-0.1, -0.05) is 26.8 Å². The largest absolute Gasteiger partial charge is 0.323 e. The van der Waals surface area contributed by atoms with Crippen LogP contribution < -0.4 is 5.73 Å². The molecule has 1 heterocycles. The van der Waals surface area contributed by atoms with E-state index in [9.17, 15) is 0 Å². The summed E-state index contributed by atoms with van der Waals surface area (Å²) in [6.07, 6.45) is 3.59. The number of rotatable bonds is 1. The lowest BCUT2D eigenvalue weighted by Crippen LogP contribution is -2.26. The van der Waals surface area contributed by atoms with Crippen molar-refractivity contribution in [3.05, 3.63) is 30.1 Å². The molecule has 2 N–H and O–H groups in total. The standard InChI is InChI=1S/C10H16N2.ClH/c1-10(2,3)9(11)8-5-4-6-12-7-8;/h4-7,9H,11H2,1-3H3;1H. The molecular weight excluding hydrogens is 184 g/mol. The number of nitrogens with two attached hydrogens (primary N) is 1. The van der Waals surface area contributed by atoms with Crippen LogP contribution in [0.25, 0.3) is 0 Å². The summed E-state index contributed by atoms with van der Waals surface area (Å²) in [6.45, 7) is 6.39. The molecule has 1 rings (SSSR count). The third-order valence-electron chi connectivity index (χ3n) is 1.98. The lowest BCUT2D eigenvalue weighted by molar-refractivity contribution is 0.326. The van der Waals surface area contributed by atoms with E-state index in [-0.39, 0.29) is 23.9 Å². The molecule has 0 aliphatic carbocycles. The van der Waals surface area contributed by atoms with E-state index in [2.05, 4.69) is 25.8 Å². The summed E-state index contributed by atoms with van der Waals surface area (Å²) < 4.78 is 0. The van der Waals surface area contributed by atoms with Gasteiger partial charge in [0, 0.05) is 18.4 Å². The van der Waals surface area contributed by atoms with Crippen LogP contribution in [0.15, 0.2) is 24.5 Å². The van der Waals surface area contributed by atoms with Crippen LogP contribution in [0, 0.1) is 5.41 Å². The summed E-state index contributed by atoms with van der Waals surface area (Å²) in [5.74, 6) is 0. The lowest BCUT2D eigenvalue weighted by atomic mass is 9.84. The number of nitrogens with zero attached hydrogens (tertiary/aromatic N) is 1. The molecule has 0 saturated carbocycles. The Hall–Kier alpha value is -0.600. The zero-order valence-corrected chi connectivity index (χ0v) is 9.14. The average Bonchev–Trinajstić information content (AvgIpc) is 2.03. The fourth-order valence-electron chi connectivity index (χ4n) is 1.06. The van der Waals surface area contributed by atoms with Crippen molar-refractivity contribution in [2.45, 2.75) is 26.8 Å². The van der Waals surface area contributed by atoms with Crippen LogP contribution in [0.4, 0.5) is 0 Å². The third-order valence-corrected chi connectivity index (χ3v) is 1.98. The van der Waals surface area contributed by atoms with E-state index in [1.54, 1.807) is 6.20 Å². The zero-order chi connectivity index (χ0) is 9.19. The predicted octanol–water partition coefficient (Wildman–Crippen LogP) is 2.55. The molecular formula is C10H17ClN2. The van der Waals surface area contributed by atoms with E-state index in [0.717, 1.165) is 5.56 Å². The Morgan fingerprint density at radius 3 is 2.38 bits per heavy atom. The van der Waals surface area contributed by atoms with Gasteiger partial charge in [-0.3, -0.25) is 4.98 Å². The van der Waals surface area contributed by atoms with Crippen LogP contribution in [0.2, 0.25) is 0 Å². The van der Waals surface area contributed by atoms with Gasteiger partial charge < -0.3 is 5.73 Å². The quantitative estimate of drug-likeness (QED) is 0.757. The minimum atomic E-state index is 0. The van der Waals surface area contributed by atoms with E-state index in [1.165, 1.54) is 0 Å². The second-order valence-corrected chi connectivity index (χ2v) is 4.13. The first-order valence-electron chi connectivity index (χ1n) is 4.17. The van der Waals surface area contributed by atoms with Crippen LogP contribution >= 0.6 is 12.4 Å². The maximum atomic E-state index is 6.03. The number of pyridine rings is 1. The van der Waals surface area contributed by atoms with E-state index < -0.39 is 0 Å². The highest BCUT2D eigenvalue weighted by Crippen LogP contribution is 2.29. The number of hydrogen-bond donors (Lipinski definition) is 1. The molecule has 1 unspecified atom stereocenters. The minimum Gasteiger partial charge on any atom is -0.323 e. The molecule has 0 bridgehead atoms. The van der Waals surface area contributed by atoms with Gasteiger partial charge in [0.15, 0.2) is 0 Å². The van der Waals surface area contributed by atoms with Crippen molar-refractivity contribution in [1.82, 2.24) is 4.98 Å². The van der Waals surface area contributed by atoms with E-state index in [1.807, 2.05) is 18.3 Å². The van der Waals surface area contributed by atoms with Crippen molar-refractivity contribution in [3.63, 3.8) is 0 Å². The van der Waals surface area contributed by atoms with Crippen molar-refractivity contribution < 1.29 is 0 Å². The van der Waals surface area contributed by atoms with Crippen LogP contribution in [0.3, 0.4) is 0 Å². The smallest absolute Gasteiger partial charge is 0.0359 e. The van der Waals surface area contributed by atoms with E-state index >= 15 is 0 Å². The number of hydrogen-bond acceptors (Lipinski definition) is 2. The fourth-order valence-corrected chi connectivity index (χ4v) is 1.06. The molecule has 0 saturated heterocycles. The van der Waals surface area contributed by atoms with Crippen LogP contribution in [-0.4, -0.2) is 4.98 Å². The first-order chi connectivity index (χ1) is 5.52. The molecule has 0 radical (unpaired) electrons. The molecule has 1 aromatic rings. The zero-order valence-electron chi connectivity index (χ0n) is 8.32. The normalized spacial score (nSPS) is 13.2. The van der Waals surface area contributed by atoms with Gasteiger partial charge in [0.25, 0.3) is 0 Å². The van der Waals surface area contributed by atoms with Crippen molar-refractivity contribution >= 4 is 12.4 Å². The third kappa shape index (κ3) is 3.33. The van der Waals surface area contributed by atoms with Gasteiger partial charge in [0.05, 0.1) is 0 Å². The van der Waals surface area contributed by atoms with E-state index in [4.69, 9.17) is 5.73 Å². The van der Waals surface area contributed by atoms with Gasteiger partial charge >= 0.3 is 0 Å². The Labute approximate surface area is 86.0 Å². The van der Waals surface area contributed by atoms with Crippen molar-refractivity contribution in [2.75, 3.05) is 0 Å². The van der Waals surface area contributed by atoms with Gasteiger partial charge in [-0.25, -0.2) is 0 Å². The van der Waals surface area contributed by atoms with Crippen LogP contribution in [0.1, 0.15) is 32.4 Å². The highest BCUT2D eigenvalue weighted by molar-refractivity contribution is 5.85. The van der Waals surface area contributed by atoms with Crippen LogP contribution in [0.5, 0.6) is 0 Å². The summed E-state index contributed by atoms with van der Waals surface area (Å²) in [6, 6.07) is 4.00. The molecule has 74 valence electrons. The Balaban J connectivity index is 0.00000144. The maximum Gasteiger partial charge on any atom is 0.0359 e. The molecule has 0 fully saturated rings. The topological polar surface area (TPSA) is 38.9 Å². The molecule has 2 nitrogen and oxygen atoms in total. The second-order valence-electron chi connectivity index (χ2n) is 4.13. The number of aromatic nitrogens is 1. The summed E-state index contributed by atoms with van der Waals surface area (Å²) in [5.41, 5.74) is 7.23. The van der Waals surface area contributed by atoms with Gasteiger partial charge in [-0.05, 0) is 17.0 Å². The Morgan fingerprint density at radius 2 is 2.00 bits per heavy atom. The lowest BCUT2D eigenvalue weighted by Gasteiger charge is -2.26. The maximum absolute atomic E-state index is 6.03. The monoisotopic (exact) mass is 200 g/mol. The molecule has 1 atom stereocenters. The molecule has 1 aromatic heterocycles. The average molecular weight is 201 g/mol. The summed E-state index contributed by atoms with van der Waals surface area (Å²) in [7, 11) is 0. The molecule has 0 amide bonds. The van der Waals surface area contributed by atoms with Gasteiger partial charge in [0.1, 0.15) is 0 Å². The minimum absolute atomic E-state index is 0. The van der Waals surface area contributed by atoms with E-state index in [0.29, 0.717) is 0 Å². The van der Waals surface area contributed by atoms with Gasteiger partial charge in [-0.2, -0.15) is 0 Å². The molecule has 13 heavy (non-hydrogen) atoms. The summed E-state index contributed by atoms with van der Waals surface area (Å²) in [4.78, 5) is 4.04. The van der Waals surface area contributed by atoms with Crippen LogP contribution in [-0.2, 0) is 0 Å². The van der Waals surface area contributed by atoms with Gasteiger partial charge in [0.2, 0.25) is 0 Å². The predicted molar refractivity (Wildman–Crippen MR) is 57.9 cm³/mol. The highest BCUT2D eigenvalue weighted by atomic mass is 35.5. The SMILES string of the molecule is CC(C)(C)C(N)c1cccnc1.Cl. The first-order valence-corrected chi connectivity index (χ1v) is 4.17. The number of halogens is 1. The van der Waals surface area contributed by atoms with Crippen molar-refractivity contribution in [2.24, 2.45) is 11.1 Å². The van der Waals surface area contributed by atoms with Crippen molar-refractivity contribution in [3.8, 4) is 0 Å². The van der Waals surface area contributed by atoms with Gasteiger partial charge in [-0.15, -0.1) is 12.4 Å². The molecule has 0 spiro atoms. The molecule has 0 aliphatic rings. The highest BCUT2D eigenvalue weighted by Gasteiger charge is 2.21. The fraction of sp³-hybridized carbons (Fsp3) is 0.500.